The smallest absolute Gasteiger partial charge is 0.0534 e. The molecule has 3 rings (SSSR count). The van der Waals surface area contributed by atoms with E-state index in [9.17, 15) is 0 Å². The second-order valence-electron chi connectivity index (χ2n) is 6.05. The molecule has 0 bridgehead atoms. The van der Waals surface area contributed by atoms with Gasteiger partial charge in [0.2, 0.25) is 0 Å². The maximum Gasteiger partial charge on any atom is 0.0534 e. The molecule has 18 heavy (non-hydrogen) atoms. The van der Waals surface area contributed by atoms with Crippen molar-refractivity contribution < 1.29 is 0 Å². The van der Waals surface area contributed by atoms with Gasteiger partial charge >= 0.3 is 0 Å². The number of nitrogens with zero attached hydrogens (tertiary/aromatic N) is 3. The van der Waals surface area contributed by atoms with Gasteiger partial charge < -0.3 is 5.32 Å². The van der Waals surface area contributed by atoms with Gasteiger partial charge in [-0.15, -0.1) is 0 Å². The number of aryl methyl sites for hydroxylation is 1. The molecule has 100 valence electrons. The van der Waals surface area contributed by atoms with Crippen molar-refractivity contribution in [2.45, 2.75) is 32.2 Å². The van der Waals surface area contributed by atoms with Gasteiger partial charge in [-0.3, -0.25) is 9.58 Å². The van der Waals surface area contributed by atoms with Crippen LogP contribution in [0.25, 0.3) is 0 Å². The van der Waals surface area contributed by atoms with Crippen molar-refractivity contribution in [2.24, 2.45) is 12.5 Å². The lowest BCUT2D eigenvalue weighted by Crippen LogP contribution is -2.45. The molecule has 2 saturated heterocycles. The number of nitrogens with one attached hydrogen (secondary N) is 1. The van der Waals surface area contributed by atoms with Gasteiger partial charge in [0.15, 0.2) is 0 Å². The predicted molar refractivity (Wildman–Crippen MR) is 72.3 cm³/mol. The molecule has 2 aliphatic rings. The van der Waals surface area contributed by atoms with Crippen LogP contribution in [-0.2, 0) is 13.6 Å². The van der Waals surface area contributed by atoms with E-state index < -0.39 is 0 Å². The van der Waals surface area contributed by atoms with E-state index in [-0.39, 0.29) is 0 Å². The number of hydrogen-bond acceptors (Lipinski definition) is 3. The summed E-state index contributed by atoms with van der Waals surface area (Å²) in [5.74, 6) is 0. The van der Waals surface area contributed by atoms with Crippen molar-refractivity contribution in [3.63, 3.8) is 0 Å². The van der Waals surface area contributed by atoms with E-state index in [4.69, 9.17) is 0 Å². The van der Waals surface area contributed by atoms with Crippen molar-refractivity contribution in [2.75, 3.05) is 26.2 Å². The number of hydrogen-bond donors (Lipinski definition) is 1. The van der Waals surface area contributed by atoms with Crippen molar-refractivity contribution in [1.82, 2.24) is 20.0 Å². The molecular formula is C14H24N4. The van der Waals surface area contributed by atoms with E-state index in [0.717, 1.165) is 6.54 Å². The van der Waals surface area contributed by atoms with Gasteiger partial charge in [-0.05, 0) is 57.3 Å². The SMILES string of the molecule is Cn1cc(CN2CCC3(CCNCC3)CC2)cn1. The highest BCUT2D eigenvalue weighted by atomic mass is 15.2. The van der Waals surface area contributed by atoms with E-state index in [1.54, 1.807) is 0 Å². The first-order valence-corrected chi connectivity index (χ1v) is 7.16. The number of rotatable bonds is 2. The summed E-state index contributed by atoms with van der Waals surface area (Å²) in [7, 11) is 1.99. The summed E-state index contributed by atoms with van der Waals surface area (Å²) in [4.78, 5) is 2.59. The molecule has 0 unspecified atom stereocenters. The second kappa shape index (κ2) is 5.02. The molecular weight excluding hydrogens is 224 g/mol. The molecule has 1 spiro atoms. The zero-order valence-corrected chi connectivity index (χ0v) is 11.4. The third-order valence-electron chi connectivity index (χ3n) is 4.75. The quantitative estimate of drug-likeness (QED) is 0.858. The van der Waals surface area contributed by atoms with Crippen LogP contribution in [0.5, 0.6) is 0 Å². The largest absolute Gasteiger partial charge is 0.317 e. The maximum atomic E-state index is 4.25. The van der Waals surface area contributed by atoms with Crippen LogP contribution in [0.1, 0.15) is 31.2 Å². The average molecular weight is 248 g/mol. The molecule has 0 atom stereocenters. The minimum Gasteiger partial charge on any atom is -0.317 e. The highest BCUT2D eigenvalue weighted by Crippen LogP contribution is 2.39. The van der Waals surface area contributed by atoms with Crippen LogP contribution in [0.4, 0.5) is 0 Å². The first kappa shape index (κ1) is 12.2. The van der Waals surface area contributed by atoms with Crippen LogP contribution in [0.15, 0.2) is 12.4 Å². The Bertz CT molecular complexity index is 382. The Kier molecular flexibility index (Phi) is 3.39. The Balaban J connectivity index is 1.53. The normalized spacial score (nSPS) is 24.5. The molecule has 2 aliphatic heterocycles. The molecule has 2 fully saturated rings. The van der Waals surface area contributed by atoms with E-state index in [2.05, 4.69) is 21.5 Å². The van der Waals surface area contributed by atoms with Gasteiger partial charge in [-0.25, -0.2) is 0 Å². The molecule has 0 radical (unpaired) electrons. The summed E-state index contributed by atoms with van der Waals surface area (Å²) in [6.45, 7) is 6.04. The topological polar surface area (TPSA) is 33.1 Å². The predicted octanol–water partition coefficient (Wildman–Crippen LogP) is 1.39. The third kappa shape index (κ3) is 2.59. The summed E-state index contributed by atoms with van der Waals surface area (Å²) >= 11 is 0. The first-order chi connectivity index (χ1) is 8.76. The van der Waals surface area contributed by atoms with Gasteiger partial charge in [-0.1, -0.05) is 0 Å². The molecule has 4 heteroatoms. The number of piperidine rings is 2. The van der Waals surface area contributed by atoms with Gasteiger partial charge in [-0.2, -0.15) is 5.10 Å². The van der Waals surface area contributed by atoms with Crippen molar-refractivity contribution in [1.29, 1.82) is 0 Å². The molecule has 1 aromatic heterocycles. The van der Waals surface area contributed by atoms with Gasteiger partial charge in [0.05, 0.1) is 6.20 Å². The van der Waals surface area contributed by atoms with Gasteiger partial charge in [0.1, 0.15) is 0 Å². The fourth-order valence-electron chi connectivity index (χ4n) is 3.45. The molecule has 0 saturated carbocycles. The van der Waals surface area contributed by atoms with Gasteiger partial charge in [0.25, 0.3) is 0 Å². The standard InChI is InChI=1S/C14H24N4/c1-17-11-13(10-16-17)12-18-8-4-14(5-9-18)2-6-15-7-3-14/h10-11,15H,2-9,12H2,1H3. The molecule has 1 N–H and O–H groups in total. The molecule has 0 aliphatic carbocycles. The summed E-state index contributed by atoms with van der Waals surface area (Å²) in [6, 6.07) is 0. The Labute approximate surface area is 109 Å². The Morgan fingerprint density at radius 3 is 2.56 bits per heavy atom. The monoisotopic (exact) mass is 248 g/mol. The molecule has 1 aromatic rings. The van der Waals surface area contributed by atoms with Crippen LogP contribution >= 0.6 is 0 Å². The fraction of sp³-hybridized carbons (Fsp3) is 0.786. The van der Waals surface area contributed by atoms with Crippen molar-refractivity contribution in [3.05, 3.63) is 18.0 Å². The fourth-order valence-corrected chi connectivity index (χ4v) is 3.45. The summed E-state index contributed by atoms with van der Waals surface area (Å²) in [5.41, 5.74) is 2.01. The van der Waals surface area contributed by atoms with E-state index in [1.807, 2.05) is 17.9 Å². The zero-order chi connectivity index (χ0) is 12.4. The second-order valence-corrected chi connectivity index (χ2v) is 6.05. The third-order valence-corrected chi connectivity index (χ3v) is 4.75. The van der Waals surface area contributed by atoms with Crippen molar-refractivity contribution in [3.8, 4) is 0 Å². The van der Waals surface area contributed by atoms with Crippen LogP contribution in [0, 0.1) is 5.41 Å². The molecule has 0 amide bonds. The van der Waals surface area contributed by atoms with Crippen LogP contribution in [0.3, 0.4) is 0 Å². The molecule has 4 nitrogen and oxygen atoms in total. The van der Waals surface area contributed by atoms with Crippen molar-refractivity contribution >= 4 is 0 Å². The first-order valence-electron chi connectivity index (χ1n) is 7.16. The summed E-state index contributed by atoms with van der Waals surface area (Å²) < 4.78 is 1.90. The minimum absolute atomic E-state index is 0.663. The summed E-state index contributed by atoms with van der Waals surface area (Å²) in [6.07, 6.45) is 9.66. The molecule has 0 aromatic carbocycles. The van der Waals surface area contributed by atoms with E-state index >= 15 is 0 Å². The van der Waals surface area contributed by atoms with Crippen LogP contribution in [-0.4, -0.2) is 40.9 Å². The highest BCUT2D eigenvalue weighted by molar-refractivity contribution is 5.04. The van der Waals surface area contributed by atoms with Crippen LogP contribution < -0.4 is 5.32 Å². The number of aromatic nitrogens is 2. The Morgan fingerprint density at radius 1 is 1.22 bits per heavy atom. The number of likely N-dealkylation sites (tertiary alicyclic amines) is 1. The zero-order valence-electron chi connectivity index (χ0n) is 11.4. The lowest BCUT2D eigenvalue weighted by molar-refractivity contribution is 0.0701. The Morgan fingerprint density at radius 2 is 1.94 bits per heavy atom. The lowest BCUT2D eigenvalue weighted by atomic mass is 9.71. The lowest BCUT2D eigenvalue weighted by Gasteiger charge is -2.44. The maximum absolute atomic E-state index is 4.25. The van der Waals surface area contributed by atoms with E-state index in [1.165, 1.54) is 57.4 Å². The average Bonchev–Trinajstić information content (AvgIpc) is 2.79. The minimum atomic E-state index is 0.663. The van der Waals surface area contributed by atoms with E-state index in [0.29, 0.717) is 5.41 Å². The molecule has 3 heterocycles. The van der Waals surface area contributed by atoms with Crippen LogP contribution in [0.2, 0.25) is 0 Å². The highest BCUT2D eigenvalue weighted by Gasteiger charge is 2.35. The van der Waals surface area contributed by atoms with Gasteiger partial charge in [0, 0.05) is 25.4 Å². The summed E-state index contributed by atoms with van der Waals surface area (Å²) in [5, 5.41) is 7.73. The Hall–Kier alpha value is -0.870.